The number of benzene rings is 2. The van der Waals surface area contributed by atoms with E-state index in [0.717, 1.165) is 18.4 Å². The first kappa shape index (κ1) is 19.8. The fourth-order valence-electron chi connectivity index (χ4n) is 3.38. The minimum atomic E-state index is -0.303. The average Bonchev–Trinajstić information content (AvgIpc) is 2.94. The number of imide groups is 1. The summed E-state index contributed by atoms with van der Waals surface area (Å²) >= 11 is 0. The van der Waals surface area contributed by atoms with Gasteiger partial charge in [-0.15, -0.1) is 0 Å². The van der Waals surface area contributed by atoms with E-state index in [1.54, 1.807) is 23.1 Å². The predicted molar refractivity (Wildman–Crippen MR) is 108 cm³/mol. The quantitative estimate of drug-likeness (QED) is 0.681. The van der Waals surface area contributed by atoms with Crippen molar-refractivity contribution in [3.63, 3.8) is 0 Å². The van der Waals surface area contributed by atoms with E-state index in [1.807, 2.05) is 51.1 Å². The molecule has 0 N–H and O–H groups in total. The molecule has 1 aliphatic rings. The summed E-state index contributed by atoms with van der Waals surface area (Å²) < 4.78 is 0. The maximum atomic E-state index is 13.1. The summed E-state index contributed by atoms with van der Waals surface area (Å²) in [6.45, 7) is 6.86. The molecule has 1 heterocycles. The van der Waals surface area contributed by atoms with Crippen molar-refractivity contribution < 1.29 is 14.4 Å². The first-order valence-electron chi connectivity index (χ1n) is 9.79. The van der Waals surface area contributed by atoms with Gasteiger partial charge >= 0.3 is 0 Å². The van der Waals surface area contributed by atoms with E-state index in [0.29, 0.717) is 29.8 Å². The van der Waals surface area contributed by atoms with Gasteiger partial charge in [-0.2, -0.15) is 0 Å². The molecule has 5 nitrogen and oxygen atoms in total. The molecule has 2 aromatic carbocycles. The SMILES string of the molecule is CCCCN1C(=O)c2ccc(C(=O)N(Cc3ccccc3)C(C)C)cc2C1=O. The lowest BCUT2D eigenvalue weighted by molar-refractivity contribution is 0.0651. The van der Waals surface area contributed by atoms with E-state index in [1.165, 1.54) is 4.90 Å². The molecule has 0 saturated carbocycles. The van der Waals surface area contributed by atoms with E-state index in [4.69, 9.17) is 0 Å². The molecular weight excluding hydrogens is 352 g/mol. The Morgan fingerprint density at radius 3 is 2.32 bits per heavy atom. The Morgan fingerprint density at radius 2 is 1.68 bits per heavy atom. The lowest BCUT2D eigenvalue weighted by Gasteiger charge is -2.27. The van der Waals surface area contributed by atoms with Crippen molar-refractivity contribution in [1.29, 1.82) is 0 Å². The number of amides is 3. The first-order chi connectivity index (χ1) is 13.4. The molecule has 0 aromatic heterocycles. The molecule has 1 aliphatic heterocycles. The van der Waals surface area contributed by atoms with Crippen LogP contribution in [0.1, 0.15) is 70.3 Å². The van der Waals surface area contributed by atoms with Crippen molar-refractivity contribution in [2.75, 3.05) is 6.54 Å². The zero-order valence-corrected chi connectivity index (χ0v) is 16.6. The number of fused-ring (bicyclic) bond motifs is 1. The van der Waals surface area contributed by atoms with Crippen LogP contribution in [0.2, 0.25) is 0 Å². The highest BCUT2D eigenvalue weighted by atomic mass is 16.2. The Morgan fingerprint density at radius 1 is 1.00 bits per heavy atom. The molecule has 28 heavy (non-hydrogen) atoms. The largest absolute Gasteiger partial charge is 0.332 e. The van der Waals surface area contributed by atoms with E-state index >= 15 is 0 Å². The summed E-state index contributed by atoms with van der Waals surface area (Å²) in [4.78, 5) is 41.4. The Hall–Kier alpha value is -2.95. The van der Waals surface area contributed by atoms with Crippen LogP contribution < -0.4 is 0 Å². The molecule has 2 aromatic rings. The van der Waals surface area contributed by atoms with Crippen LogP contribution in [0.25, 0.3) is 0 Å². The van der Waals surface area contributed by atoms with Gasteiger partial charge in [0, 0.05) is 24.7 Å². The summed E-state index contributed by atoms with van der Waals surface area (Å²) in [5.41, 5.74) is 2.19. The second-order valence-electron chi connectivity index (χ2n) is 7.39. The second-order valence-corrected chi connectivity index (χ2v) is 7.39. The number of unbranched alkanes of at least 4 members (excludes halogenated alkanes) is 1. The Labute approximate surface area is 166 Å². The summed E-state index contributed by atoms with van der Waals surface area (Å²) in [6, 6.07) is 14.6. The summed E-state index contributed by atoms with van der Waals surface area (Å²) in [5.74, 6) is -0.714. The van der Waals surface area contributed by atoms with Crippen molar-refractivity contribution in [2.24, 2.45) is 0 Å². The van der Waals surface area contributed by atoms with Gasteiger partial charge in [-0.3, -0.25) is 19.3 Å². The van der Waals surface area contributed by atoms with E-state index in [9.17, 15) is 14.4 Å². The van der Waals surface area contributed by atoms with Gasteiger partial charge in [0.15, 0.2) is 0 Å². The number of hydrogen-bond acceptors (Lipinski definition) is 3. The van der Waals surface area contributed by atoms with Crippen LogP contribution in [0.15, 0.2) is 48.5 Å². The van der Waals surface area contributed by atoms with Crippen LogP contribution in [-0.4, -0.2) is 40.1 Å². The molecule has 0 bridgehead atoms. The summed E-state index contributed by atoms with van der Waals surface area (Å²) in [6.07, 6.45) is 1.68. The summed E-state index contributed by atoms with van der Waals surface area (Å²) in [5, 5.41) is 0. The van der Waals surface area contributed by atoms with Crippen LogP contribution in [0, 0.1) is 0 Å². The van der Waals surface area contributed by atoms with Gasteiger partial charge in [-0.1, -0.05) is 43.7 Å². The third-order valence-corrected chi connectivity index (χ3v) is 5.03. The van der Waals surface area contributed by atoms with Crippen LogP contribution >= 0.6 is 0 Å². The molecule has 0 atom stereocenters. The lowest BCUT2D eigenvalue weighted by atomic mass is 10.0. The minimum absolute atomic E-state index is 0.000605. The predicted octanol–water partition coefficient (Wildman–Crippen LogP) is 4.13. The van der Waals surface area contributed by atoms with Crippen LogP contribution in [0.3, 0.4) is 0 Å². The van der Waals surface area contributed by atoms with Gasteiger partial charge in [0.25, 0.3) is 17.7 Å². The monoisotopic (exact) mass is 378 g/mol. The number of carbonyl (C=O) groups is 3. The van der Waals surface area contributed by atoms with Gasteiger partial charge in [0.05, 0.1) is 11.1 Å². The van der Waals surface area contributed by atoms with E-state index < -0.39 is 0 Å². The number of rotatable bonds is 7. The van der Waals surface area contributed by atoms with Gasteiger partial charge in [0.1, 0.15) is 0 Å². The zero-order chi connectivity index (χ0) is 20.3. The number of carbonyl (C=O) groups excluding carboxylic acids is 3. The molecule has 0 spiro atoms. The topological polar surface area (TPSA) is 57.7 Å². The highest BCUT2D eigenvalue weighted by molar-refractivity contribution is 6.22. The molecule has 0 unspecified atom stereocenters. The number of hydrogen-bond donors (Lipinski definition) is 0. The highest BCUT2D eigenvalue weighted by Crippen LogP contribution is 2.25. The van der Waals surface area contributed by atoms with Gasteiger partial charge in [-0.05, 0) is 44.0 Å². The first-order valence-corrected chi connectivity index (χ1v) is 9.79. The smallest absolute Gasteiger partial charge is 0.261 e. The van der Waals surface area contributed by atoms with Crippen molar-refractivity contribution in [3.8, 4) is 0 Å². The maximum Gasteiger partial charge on any atom is 0.261 e. The second kappa shape index (κ2) is 8.38. The minimum Gasteiger partial charge on any atom is -0.332 e. The fraction of sp³-hybridized carbons (Fsp3) is 0.348. The Balaban J connectivity index is 1.86. The molecule has 0 saturated heterocycles. The molecule has 3 amide bonds. The van der Waals surface area contributed by atoms with Crippen molar-refractivity contribution >= 4 is 17.7 Å². The fourth-order valence-corrected chi connectivity index (χ4v) is 3.38. The lowest BCUT2D eigenvalue weighted by Crippen LogP contribution is -2.36. The van der Waals surface area contributed by atoms with Gasteiger partial charge < -0.3 is 4.90 Å². The van der Waals surface area contributed by atoms with E-state index in [-0.39, 0.29) is 23.8 Å². The van der Waals surface area contributed by atoms with E-state index in [2.05, 4.69) is 0 Å². The normalized spacial score (nSPS) is 13.2. The van der Waals surface area contributed by atoms with Crippen LogP contribution in [0.5, 0.6) is 0 Å². The molecule has 0 fully saturated rings. The zero-order valence-electron chi connectivity index (χ0n) is 16.6. The Kier molecular flexibility index (Phi) is 5.93. The average molecular weight is 378 g/mol. The van der Waals surface area contributed by atoms with Crippen molar-refractivity contribution in [2.45, 2.75) is 46.2 Å². The molecule has 5 heteroatoms. The standard InChI is InChI=1S/C23H26N2O3/c1-4-5-13-24-22(27)19-12-11-18(14-20(19)23(24)28)21(26)25(16(2)3)15-17-9-7-6-8-10-17/h6-12,14,16H,4-5,13,15H2,1-3H3. The van der Waals surface area contributed by atoms with Gasteiger partial charge in [-0.25, -0.2) is 0 Å². The summed E-state index contributed by atoms with van der Waals surface area (Å²) in [7, 11) is 0. The van der Waals surface area contributed by atoms with Crippen LogP contribution in [-0.2, 0) is 6.54 Å². The highest BCUT2D eigenvalue weighted by Gasteiger charge is 2.35. The molecule has 0 aliphatic carbocycles. The third-order valence-electron chi connectivity index (χ3n) is 5.03. The Bertz CT molecular complexity index is 890. The van der Waals surface area contributed by atoms with Crippen molar-refractivity contribution in [3.05, 3.63) is 70.8 Å². The number of nitrogens with zero attached hydrogens (tertiary/aromatic N) is 2. The third kappa shape index (κ3) is 3.84. The van der Waals surface area contributed by atoms with Gasteiger partial charge in [0.2, 0.25) is 0 Å². The molecule has 146 valence electrons. The maximum absolute atomic E-state index is 13.1. The van der Waals surface area contributed by atoms with Crippen LogP contribution in [0.4, 0.5) is 0 Å². The molecular formula is C23H26N2O3. The molecule has 3 rings (SSSR count). The molecule has 0 radical (unpaired) electrons. The van der Waals surface area contributed by atoms with Crippen molar-refractivity contribution in [1.82, 2.24) is 9.80 Å².